The molecule has 0 bridgehead atoms. The van der Waals surface area contributed by atoms with Crippen LogP contribution in [0.3, 0.4) is 0 Å². The van der Waals surface area contributed by atoms with Crippen molar-refractivity contribution in [2.45, 2.75) is 46.0 Å². The molecule has 0 saturated heterocycles. The van der Waals surface area contributed by atoms with Crippen LogP contribution in [0.2, 0.25) is 0 Å². The first-order chi connectivity index (χ1) is 9.22. The maximum atomic E-state index is 4.55. The Hall–Kier alpha value is -1.32. The van der Waals surface area contributed by atoms with Gasteiger partial charge in [0.2, 0.25) is 0 Å². The van der Waals surface area contributed by atoms with E-state index in [1.807, 2.05) is 13.1 Å². The summed E-state index contributed by atoms with van der Waals surface area (Å²) in [6.07, 6.45) is 6.36. The monoisotopic (exact) mass is 262 g/mol. The molecule has 106 valence electrons. The molecule has 2 unspecified atom stereocenters. The Balaban J connectivity index is 1.98. The number of nitrogens with zero attached hydrogens (tertiary/aromatic N) is 2. The van der Waals surface area contributed by atoms with E-state index in [1.54, 1.807) is 0 Å². The quantitative estimate of drug-likeness (QED) is 0.854. The van der Waals surface area contributed by atoms with Gasteiger partial charge in [-0.1, -0.05) is 33.1 Å². The number of hydrogen-bond acceptors (Lipinski definition) is 4. The Morgan fingerprint density at radius 3 is 2.63 bits per heavy atom. The van der Waals surface area contributed by atoms with E-state index in [2.05, 4.69) is 34.4 Å². The van der Waals surface area contributed by atoms with Crippen molar-refractivity contribution < 1.29 is 0 Å². The largest absolute Gasteiger partial charge is 0.373 e. The van der Waals surface area contributed by atoms with E-state index in [0.717, 1.165) is 42.3 Å². The Labute approximate surface area is 116 Å². The van der Waals surface area contributed by atoms with Crippen molar-refractivity contribution in [3.8, 4) is 0 Å². The lowest BCUT2D eigenvalue weighted by Gasteiger charge is -2.29. The minimum absolute atomic E-state index is 0.784. The van der Waals surface area contributed by atoms with Crippen LogP contribution in [0.1, 0.15) is 45.4 Å². The van der Waals surface area contributed by atoms with Crippen LogP contribution in [0.5, 0.6) is 0 Å². The second-order valence-electron chi connectivity index (χ2n) is 5.56. The standard InChI is InChI=1S/C15H26N4/c1-4-13-18-14(16-3)9-15(19-13)17-10-12-8-6-5-7-11(12)2/h9,11-12H,4-8,10H2,1-3H3,(H2,16,17,18,19). The normalized spacial score (nSPS) is 23.1. The summed E-state index contributed by atoms with van der Waals surface area (Å²) in [5.74, 6) is 4.36. The fourth-order valence-electron chi connectivity index (χ4n) is 2.81. The zero-order valence-electron chi connectivity index (χ0n) is 12.4. The summed E-state index contributed by atoms with van der Waals surface area (Å²) < 4.78 is 0. The van der Waals surface area contributed by atoms with Crippen LogP contribution >= 0.6 is 0 Å². The van der Waals surface area contributed by atoms with Crippen molar-refractivity contribution in [1.29, 1.82) is 0 Å². The average molecular weight is 262 g/mol. The summed E-state index contributed by atoms with van der Waals surface area (Å²) in [6, 6.07) is 1.99. The number of hydrogen-bond donors (Lipinski definition) is 2. The van der Waals surface area contributed by atoms with Crippen molar-refractivity contribution in [3.63, 3.8) is 0 Å². The third-order valence-corrected chi connectivity index (χ3v) is 4.18. The molecule has 19 heavy (non-hydrogen) atoms. The van der Waals surface area contributed by atoms with E-state index >= 15 is 0 Å². The Bertz CT molecular complexity index is 383. The second-order valence-corrected chi connectivity index (χ2v) is 5.56. The van der Waals surface area contributed by atoms with Gasteiger partial charge in [-0.25, -0.2) is 9.97 Å². The predicted octanol–water partition coefficient (Wildman–Crippen LogP) is 3.32. The molecule has 1 aliphatic carbocycles. The molecule has 0 aliphatic heterocycles. The maximum absolute atomic E-state index is 4.55. The van der Waals surface area contributed by atoms with E-state index in [9.17, 15) is 0 Å². The van der Waals surface area contributed by atoms with E-state index < -0.39 is 0 Å². The first-order valence-electron chi connectivity index (χ1n) is 7.52. The molecule has 0 aromatic carbocycles. The molecule has 0 radical (unpaired) electrons. The second kappa shape index (κ2) is 6.73. The van der Waals surface area contributed by atoms with Crippen molar-refractivity contribution in [2.75, 3.05) is 24.2 Å². The molecular weight excluding hydrogens is 236 g/mol. The zero-order valence-corrected chi connectivity index (χ0v) is 12.4. The highest BCUT2D eigenvalue weighted by atomic mass is 15.1. The number of nitrogens with one attached hydrogen (secondary N) is 2. The Morgan fingerprint density at radius 1 is 1.21 bits per heavy atom. The minimum Gasteiger partial charge on any atom is -0.373 e. The van der Waals surface area contributed by atoms with Gasteiger partial charge in [0.05, 0.1) is 0 Å². The molecule has 4 nitrogen and oxygen atoms in total. The highest BCUT2D eigenvalue weighted by Crippen LogP contribution is 2.29. The smallest absolute Gasteiger partial charge is 0.132 e. The lowest BCUT2D eigenvalue weighted by atomic mass is 9.80. The third-order valence-electron chi connectivity index (χ3n) is 4.18. The Morgan fingerprint density at radius 2 is 1.95 bits per heavy atom. The molecule has 1 aromatic rings. The number of aromatic nitrogens is 2. The average Bonchev–Trinajstić information content (AvgIpc) is 2.46. The summed E-state index contributed by atoms with van der Waals surface area (Å²) >= 11 is 0. The van der Waals surface area contributed by atoms with Crippen LogP contribution < -0.4 is 10.6 Å². The molecule has 2 N–H and O–H groups in total. The molecule has 1 heterocycles. The summed E-state index contributed by atoms with van der Waals surface area (Å²) in [5, 5.41) is 6.60. The van der Waals surface area contributed by atoms with Gasteiger partial charge in [-0.05, 0) is 18.3 Å². The van der Waals surface area contributed by atoms with Gasteiger partial charge < -0.3 is 10.6 Å². The van der Waals surface area contributed by atoms with Gasteiger partial charge in [-0.2, -0.15) is 0 Å². The fraction of sp³-hybridized carbons (Fsp3) is 0.733. The van der Waals surface area contributed by atoms with E-state index in [0.29, 0.717) is 0 Å². The highest BCUT2D eigenvalue weighted by Gasteiger charge is 2.21. The molecule has 1 fully saturated rings. The molecular formula is C15H26N4. The molecule has 1 aliphatic rings. The summed E-state index contributed by atoms with van der Waals surface area (Å²) in [7, 11) is 1.90. The fourth-order valence-corrected chi connectivity index (χ4v) is 2.81. The number of rotatable bonds is 5. The van der Waals surface area contributed by atoms with Crippen LogP contribution in [0.15, 0.2) is 6.07 Å². The van der Waals surface area contributed by atoms with Gasteiger partial charge in [0.25, 0.3) is 0 Å². The lowest BCUT2D eigenvalue weighted by Crippen LogP contribution is -2.24. The first kappa shape index (κ1) is 14.1. The van der Waals surface area contributed by atoms with Crippen molar-refractivity contribution in [2.24, 2.45) is 11.8 Å². The summed E-state index contributed by atoms with van der Waals surface area (Å²) in [6.45, 7) is 5.49. The molecule has 0 amide bonds. The van der Waals surface area contributed by atoms with Gasteiger partial charge in [0, 0.05) is 26.1 Å². The zero-order chi connectivity index (χ0) is 13.7. The summed E-state index contributed by atoms with van der Waals surface area (Å²) in [4.78, 5) is 8.96. The van der Waals surface area contributed by atoms with Crippen LogP contribution in [-0.4, -0.2) is 23.6 Å². The molecule has 2 atom stereocenters. The number of anilines is 2. The van der Waals surface area contributed by atoms with Crippen molar-refractivity contribution in [3.05, 3.63) is 11.9 Å². The van der Waals surface area contributed by atoms with Gasteiger partial charge in [0.1, 0.15) is 17.5 Å². The predicted molar refractivity (Wildman–Crippen MR) is 80.6 cm³/mol. The lowest BCUT2D eigenvalue weighted by molar-refractivity contribution is 0.268. The SMILES string of the molecule is CCc1nc(NC)cc(NCC2CCCCC2C)n1. The van der Waals surface area contributed by atoms with Gasteiger partial charge in [0.15, 0.2) is 0 Å². The van der Waals surface area contributed by atoms with Gasteiger partial charge in [-0.3, -0.25) is 0 Å². The van der Waals surface area contributed by atoms with Crippen LogP contribution in [0.4, 0.5) is 11.6 Å². The molecule has 1 saturated carbocycles. The van der Waals surface area contributed by atoms with Gasteiger partial charge >= 0.3 is 0 Å². The maximum Gasteiger partial charge on any atom is 0.132 e. The minimum atomic E-state index is 0.784. The van der Waals surface area contributed by atoms with Crippen LogP contribution in [0.25, 0.3) is 0 Å². The molecule has 0 spiro atoms. The molecule has 2 rings (SSSR count). The highest BCUT2D eigenvalue weighted by molar-refractivity contribution is 5.47. The Kier molecular flexibility index (Phi) is 5.00. The third kappa shape index (κ3) is 3.82. The summed E-state index contributed by atoms with van der Waals surface area (Å²) in [5.41, 5.74) is 0. The van der Waals surface area contributed by atoms with E-state index in [-0.39, 0.29) is 0 Å². The van der Waals surface area contributed by atoms with Crippen molar-refractivity contribution >= 4 is 11.6 Å². The van der Waals surface area contributed by atoms with E-state index in [1.165, 1.54) is 25.7 Å². The van der Waals surface area contributed by atoms with Gasteiger partial charge in [-0.15, -0.1) is 0 Å². The van der Waals surface area contributed by atoms with Crippen LogP contribution in [0, 0.1) is 11.8 Å². The van der Waals surface area contributed by atoms with E-state index in [4.69, 9.17) is 0 Å². The first-order valence-corrected chi connectivity index (χ1v) is 7.52. The van der Waals surface area contributed by atoms with Crippen LogP contribution in [-0.2, 0) is 6.42 Å². The van der Waals surface area contributed by atoms with Crippen molar-refractivity contribution in [1.82, 2.24) is 9.97 Å². The molecule has 1 aromatic heterocycles. The topological polar surface area (TPSA) is 49.8 Å². The number of aryl methyl sites for hydroxylation is 1. The molecule has 4 heteroatoms.